The molecule has 9 heteroatoms. The normalized spacial score (nSPS) is 14.8. The topological polar surface area (TPSA) is 85.5 Å². The highest BCUT2D eigenvalue weighted by Gasteiger charge is 2.55. The first-order valence-electron chi connectivity index (χ1n) is 23.1. The maximum Gasteiger partial charge on any atom is 0.188 e. The molecule has 324 valence electrons. The van der Waals surface area contributed by atoms with Crippen LogP contribution in [0.4, 0.5) is 22.7 Å². The molecule has 1 aliphatic carbocycles. The average molecular weight is 896 g/mol. The first-order valence-corrected chi connectivity index (χ1v) is 23.1. The molecule has 1 atom stereocenters. The van der Waals surface area contributed by atoms with Crippen molar-refractivity contribution in [1.82, 2.24) is 19.1 Å². The van der Waals surface area contributed by atoms with Gasteiger partial charge < -0.3 is 23.5 Å². The van der Waals surface area contributed by atoms with Gasteiger partial charge in [0.2, 0.25) is 0 Å². The van der Waals surface area contributed by atoms with Gasteiger partial charge in [0.15, 0.2) is 17.2 Å². The maximum absolute atomic E-state index is 9.97. The van der Waals surface area contributed by atoms with Crippen molar-refractivity contribution in [3.05, 3.63) is 240 Å². The predicted molar refractivity (Wildman–Crippen MR) is 274 cm³/mol. The monoisotopic (exact) mass is 895 g/mol. The second-order valence-corrected chi connectivity index (χ2v) is 17.9. The molecule has 1 spiro atoms. The summed E-state index contributed by atoms with van der Waals surface area (Å²) in [6, 6.07) is 66.6. The minimum absolute atomic E-state index is 0.531. The fourth-order valence-corrected chi connectivity index (χ4v) is 11.7. The van der Waals surface area contributed by atoms with Crippen LogP contribution in [0.3, 0.4) is 0 Å². The molecule has 9 nitrogen and oxygen atoms in total. The molecular formula is C61H33N7O2. The summed E-state index contributed by atoms with van der Waals surface area (Å²) in [5.41, 5.74) is 14.0. The first kappa shape index (κ1) is 38.2. The van der Waals surface area contributed by atoms with E-state index in [1.165, 1.54) is 10.8 Å². The van der Waals surface area contributed by atoms with Crippen LogP contribution in [0, 0.1) is 17.9 Å². The van der Waals surface area contributed by atoms with E-state index < -0.39 is 5.41 Å². The standard InChI is InChI=1S/C61H33N7O2/c1-63-37-24-28-50-43(31-37)42-30-36(34-62)23-27-49(42)66(50)38-25-26-44-57(33-38)70-56-22-10-19-53(68-51-17-6-8-20-54(51)69-55-21-9-7-18-52(55)68)58(56)61(44)45-14-11-29-64-59(45)60-46(61)32-39(35-65-60)67-47-15-4-2-12-40(47)41-13-3-5-16-48(41)67/h2-33,35H. The molecule has 0 bridgehead atoms. The number of aromatic nitrogens is 4. The fourth-order valence-electron chi connectivity index (χ4n) is 11.7. The lowest BCUT2D eigenvalue weighted by atomic mass is 9.65. The van der Waals surface area contributed by atoms with Crippen LogP contribution >= 0.6 is 0 Å². The van der Waals surface area contributed by atoms with Crippen molar-refractivity contribution in [2.24, 2.45) is 0 Å². The minimum Gasteiger partial charge on any atom is -0.457 e. The van der Waals surface area contributed by atoms with E-state index in [2.05, 4.69) is 134 Å². The third-order valence-electron chi connectivity index (χ3n) is 14.5. The lowest BCUT2D eigenvalue weighted by Crippen LogP contribution is -2.34. The molecule has 0 amide bonds. The van der Waals surface area contributed by atoms with Gasteiger partial charge in [0.05, 0.1) is 86.0 Å². The van der Waals surface area contributed by atoms with E-state index in [4.69, 9.17) is 26.0 Å². The fraction of sp³-hybridized carbons (Fsp3) is 0.0164. The molecule has 0 saturated carbocycles. The van der Waals surface area contributed by atoms with Gasteiger partial charge in [-0.3, -0.25) is 9.97 Å². The van der Waals surface area contributed by atoms with Crippen molar-refractivity contribution < 1.29 is 9.47 Å². The summed E-state index contributed by atoms with van der Waals surface area (Å²) < 4.78 is 18.5. The number of fused-ring (bicyclic) bond motifs is 17. The third-order valence-corrected chi connectivity index (χ3v) is 14.5. The van der Waals surface area contributed by atoms with Gasteiger partial charge >= 0.3 is 0 Å². The number of para-hydroxylation sites is 6. The number of hydrogen-bond acceptors (Lipinski definition) is 6. The number of nitriles is 1. The summed E-state index contributed by atoms with van der Waals surface area (Å²) in [5, 5.41) is 14.1. The summed E-state index contributed by atoms with van der Waals surface area (Å²) in [6.07, 6.45) is 3.84. The zero-order valence-electron chi connectivity index (χ0n) is 37.0. The van der Waals surface area contributed by atoms with Crippen molar-refractivity contribution in [3.63, 3.8) is 0 Å². The van der Waals surface area contributed by atoms with E-state index in [9.17, 15) is 5.26 Å². The molecule has 12 aromatic rings. The van der Waals surface area contributed by atoms with Crippen LogP contribution in [-0.2, 0) is 5.41 Å². The molecule has 15 rings (SSSR count). The Hall–Kier alpha value is -9.96. The summed E-state index contributed by atoms with van der Waals surface area (Å²) in [7, 11) is 0. The highest BCUT2D eigenvalue weighted by Crippen LogP contribution is 2.65. The van der Waals surface area contributed by atoms with Gasteiger partial charge in [0.25, 0.3) is 0 Å². The van der Waals surface area contributed by atoms with E-state index in [0.717, 1.165) is 106 Å². The van der Waals surface area contributed by atoms with Gasteiger partial charge in [0, 0.05) is 50.8 Å². The summed E-state index contributed by atoms with van der Waals surface area (Å²) >= 11 is 0. The number of ether oxygens (including phenoxy) is 2. The Morgan fingerprint density at radius 3 is 1.87 bits per heavy atom. The second-order valence-electron chi connectivity index (χ2n) is 17.9. The van der Waals surface area contributed by atoms with E-state index in [0.29, 0.717) is 22.7 Å². The Balaban J connectivity index is 1.06. The molecule has 3 aliphatic rings. The Bertz CT molecular complexity index is 4210. The molecule has 70 heavy (non-hydrogen) atoms. The van der Waals surface area contributed by atoms with Crippen molar-refractivity contribution in [2.75, 3.05) is 4.90 Å². The summed E-state index contributed by atoms with van der Waals surface area (Å²) in [4.78, 5) is 16.7. The Kier molecular flexibility index (Phi) is 7.65. The van der Waals surface area contributed by atoms with Gasteiger partial charge in [-0.05, 0) is 108 Å². The Morgan fingerprint density at radius 1 is 0.486 bits per heavy atom. The van der Waals surface area contributed by atoms with Gasteiger partial charge in [-0.2, -0.15) is 5.26 Å². The molecule has 4 aromatic heterocycles. The maximum atomic E-state index is 9.97. The van der Waals surface area contributed by atoms with Crippen LogP contribution < -0.4 is 14.4 Å². The van der Waals surface area contributed by atoms with Gasteiger partial charge in [-0.15, -0.1) is 0 Å². The molecule has 0 saturated heterocycles. The highest BCUT2D eigenvalue weighted by molar-refractivity contribution is 6.11. The third kappa shape index (κ3) is 4.96. The van der Waals surface area contributed by atoms with E-state index in [1.807, 2.05) is 91.3 Å². The van der Waals surface area contributed by atoms with Crippen LogP contribution in [0.15, 0.2) is 200 Å². The van der Waals surface area contributed by atoms with E-state index >= 15 is 0 Å². The van der Waals surface area contributed by atoms with E-state index in [1.54, 1.807) is 0 Å². The van der Waals surface area contributed by atoms with Crippen molar-refractivity contribution in [1.29, 1.82) is 5.26 Å². The van der Waals surface area contributed by atoms with Crippen LogP contribution in [-0.4, -0.2) is 19.1 Å². The second kappa shape index (κ2) is 14.0. The van der Waals surface area contributed by atoms with Crippen LogP contribution in [0.25, 0.3) is 71.2 Å². The molecule has 8 aromatic carbocycles. The molecular weight excluding hydrogens is 863 g/mol. The lowest BCUT2D eigenvalue weighted by Gasteiger charge is -2.43. The predicted octanol–water partition coefficient (Wildman–Crippen LogP) is 15.1. The van der Waals surface area contributed by atoms with Crippen molar-refractivity contribution in [2.45, 2.75) is 5.41 Å². The Labute approximate surface area is 400 Å². The smallest absolute Gasteiger partial charge is 0.188 e. The molecule has 0 radical (unpaired) electrons. The number of anilines is 3. The summed E-state index contributed by atoms with van der Waals surface area (Å²) in [5.74, 6) is 2.86. The molecule has 0 fully saturated rings. The molecule has 0 N–H and O–H groups in total. The molecule has 6 heterocycles. The van der Waals surface area contributed by atoms with Crippen molar-refractivity contribution in [3.8, 4) is 51.8 Å². The number of pyridine rings is 2. The zero-order chi connectivity index (χ0) is 46.2. The minimum atomic E-state index is -1.02. The van der Waals surface area contributed by atoms with Crippen molar-refractivity contribution >= 4 is 66.4 Å². The number of rotatable bonds is 3. The first-order chi connectivity index (χ1) is 34.6. The Morgan fingerprint density at radius 2 is 1.11 bits per heavy atom. The van der Waals surface area contributed by atoms with Crippen LogP contribution in [0.5, 0.6) is 23.0 Å². The number of nitrogens with zero attached hydrogens (tertiary/aromatic N) is 7. The largest absolute Gasteiger partial charge is 0.457 e. The molecule has 2 aliphatic heterocycles. The van der Waals surface area contributed by atoms with E-state index in [-0.39, 0.29) is 0 Å². The van der Waals surface area contributed by atoms with Gasteiger partial charge in [-0.1, -0.05) is 84.9 Å². The summed E-state index contributed by atoms with van der Waals surface area (Å²) in [6.45, 7) is 7.83. The van der Waals surface area contributed by atoms with Gasteiger partial charge in [0.1, 0.15) is 11.5 Å². The quantitative estimate of drug-likeness (QED) is 0.164. The van der Waals surface area contributed by atoms with Crippen LogP contribution in [0.2, 0.25) is 0 Å². The average Bonchev–Trinajstić information content (AvgIpc) is 4.03. The number of hydrogen-bond donors (Lipinski definition) is 0. The number of benzene rings is 8. The van der Waals surface area contributed by atoms with Crippen LogP contribution in [0.1, 0.15) is 27.8 Å². The zero-order valence-corrected chi connectivity index (χ0v) is 37.0. The highest BCUT2D eigenvalue weighted by atomic mass is 16.5. The van der Waals surface area contributed by atoms with Gasteiger partial charge in [-0.25, -0.2) is 4.85 Å². The molecule has 1 unspecified atom stereocenters. The SMILES string of the molecule is [C-]#[N+]c1ccc2c(c1)c1cc(C#N)ccc1n2-c1ccc2c(c1)Oc1cccc(N3c4ccccc4Oc4ccccc43)c1C21c2cccnc2-c2ncc(-n3c4ccccc4c4ccccc43)cc21. The lowest BCUT2D eigenvalue weighted by molar-refractivity contribution is 0.436.